The Bertz CT molecular complexity index is 2380. The summed E-state index contributed by atoms with van der Waals surface area (Å²) in [5, 5.41) is 67.4. The van der Waals surface area contributed by atoms with Crippen molar-refractivity contribution in [3.63, 3.8) is 0 Å². The second kappa shape index (κ2) is 29.8. The van der Waals surface area contributed by atoms with E-state index in [1.807, 2.05) is 34.6 Å². The summed E-state index contributed by atoms with van der Waals surface area (Å²) in [6.45, 7) is 26.7. The first kappa shape index (κ1) is 73.9. The minimum Gasteiger partial charge on any atom is -0.479 e. The Morgan fingerprint density at radius 3 is 1.85 bits per heavy atom. The van der Waals surface area contributed by atoms with Crippen molar-refractivity contribution >= 4 is 30.2 Å². The maximum atomic E-state index is 15.5. The molecule has 7 rings (SSSR count). The number of rotatable bonds is 24. The van der Waals surface area contributed by atoms with Crippen LogP contribution in [0, 0.1) is 62.1 Å². The highest BCUT2D eigenvalue weighted by atomic mass is 16.7. The van der Waals surface area contributed by atoms with Crippen molar-refractivity contribution < 1.29 is 102 Å². The Morgan fingerprint density at radius 2 is 1.28 bits per heavy atom. The number of allylic oxidation sites excluding steroid dienone is 2. The number of carboxylic acid groups (broad SMARTS) is 1. The zero-order valence-corrected chi connectivity index (χ0v) is 55.9. The lowest BCUT2D eigenvalue weighted by atomic mass is 9.33. The van der Waals surface area contributed by atoms with Gasteiger partial charge in [-0.25, -0.2) is 4.79 Å². The number of esters is 3. The summed E-state index contributed by atoms with van der Waals surface area (Å²) in [5.74, 6) is -4.25. The molecule has 0 bridgehead atoms. The van der Waals surface area contributed by atoms with Gasteiger partial charge in [0.05, 0.1) is 54.9 Å². The van der Waals surface area contributed by atoms with Gasteiger partial charge >= 0.3 is 23.9 Å². The van der Waals surface area contributed by atoms with E-state index in [1.54, 1.807) is 14.0 Å². The number of carbonyl (C=O) groups is 5. The van der Waals surface area contributed by atoms with Crippen molar-refractivity contribution in [2.75, 3.05) is 28.4 Å². The average Bonchev–Trinajstić information content (AvgIpc) is 0.967. The summed E-state index contributed by atoms with van der Waals surface area (Å²) in [6.07, 6.45) is -8.37. The van der Waals surface area contributed by atoms with Crippen molar-refractivity contribution in [2.24, 2.45) is 62.1 Å². The highest BCUT2D eigenvalue weighted by Crippen LogP contribution is 2.76. The fourth-order valence-electron chi connectivity index (χ4n) is 17.3. The number of aldehydes is 1. The van der Waals surface area contributed by atoms with Crippen molar-refractivity contribution in [1.82, 2.24) is 0 Å². The SMILES string of the molecule is CCC.CCC(C)C(CC(O)CC(=O)OC(CC(O)CC(=O)OC1C(O)C(C)OC(OC(=O)[C@]23CCC(C)(C)CC2C2=CCC4C5(C)CC[C@H](OC6OC(C(=O)O)C(O)C(OC)C6OC)[C@@](C)(C=O)C5CCC4(C)[C@]2(C)C[C@H]3O)C1OC)C(C)CC)OC. The van der Waals surface area contributed by atoms with E-state index < -0.39 is 155 Å². The number of aliphatic carboxylic acids is 1. The van der Waals surface area contributed by atoms with Crippen LogP contribution in [0.1, 0.15) is 193 Å². The smallest absolute Gasteiger partial charge is 0.335 e. The fraction of sp³-hybridized carbons (Fsp3) is 0.896. The van der Waals surface area contributed by atoms with E-state index >= 15 is 4.79 Å². The number of methoxy groups -OCH3 is 4. The molecule has 2 saturated heterocycles. The summed E-state index contributed by atoms with van der Waals surface area (Å²) in [5.41, 5.74) is -3.04. The molecule has 21 nitrogen and oxygen atoms in total. The van der Waals surface area contributed by atoms with Crippen molar-refractivity contribution in [1.29, 1.82) is 0 Å². The molecule has 21 heteroatoms. The van der Waals surface area contributed by atoms with Gasteiger partial charge in [-0.3, -0.25) is 14.4 Å². The van der Waals surface area contributed by atoms with Gasteiger partial charge in [0.2, 0.25) is 6.29 Å². The van der Waals surface area contributed by atoms with E-state index in [9.17, 15) is 49.8 Å². The molecule has 4 saturated carbocycles. The van der Waals surface area contributed by atoms with Gasteiger partial charge in [-0.15, -0.1) is 0 Å². The molecule has 2 aliphatic heterocycles. The average molecular weight is 1250 g/mol. The molecule has 6 N–H and O–H groups in total. The molecular formula is C67H112O21. The van der Waals surface area contributed by atoms with Gasteiger partial charge in [0.1, 0.15) is 42.2 Å². The zero-order chi connectivity index (χ0) is 65.8. The fourth-order valence-corrected chi connectivity index (χ4v) is 17.3. The van der Waals surface area contributed by atoms with E-state index in [0.717, 1.165) is 18.3 Å². The second-order valence-electron chi connectivity index (χ2n) is 29.0. The Labute approximate surface area is 523 Å². The number of carbonyl (C=O) groups excluding carboxylic acids is 4. The first-order chi connectivity index (χ1) is 41.3. The normalized spacial score (nSPS) is 41.4. The van der Waals surface area contributed by atoms with Crippen LogP contribution in [-0.4, -0.2) is 187 Å². The summed E-state index contributed by atoms with van der Waals surface area (Å²) < 4.78 is 59.4. The first-order valence-electron chi connectivity index (χ1n) is 32.7. The molecule has 5 aliphatic carbocycles. The van der Waals surface area contributed by atoms with Crippen LogP contribution in [0.4, 0.5) is 0 Å². The number of ether oxygens (including phenoxy) is 10. The van der Waals surface area contributed by atoms with Gasteiger partial charge < -0.3 is 82.8 Å². The largest absolute Gasteiger partial charge is 0.479 e. The number of aliphatic hydroxyl groups is 5. The molecule has 0 amide bonds. The van der Waals surface area contributed by atoms with E-state index in [1.165, 1.54) is 27.8 Å². The Balaban J connectivity index is 0.00000403. The van der Waals surface area contributed by atoms with Crippen LogP contribution in [-0.2, 0) is 71.3 Å². The van der Waals surface area contributed by atoms with Gasteiger partial charge in [-0.05, 0) is 116 Å². The molecule has 6 fully saturated rings. The van der Waals surface area contributed by atoms with Gasteiger partial charge in [0.25, 0.3) is 0 Å². The first-order valence-corrected chi connectivity index (χ1v) is 32.7. The quantitative estimate of drug-likeness (QED) is 0.0176. The number of aliphatic hydroxyl groups excluding tert-OH is 5. The van der Waals surface area contributed by atoms with Crippen LogP contribution in [0.15, 0.2) is 11.6 Å². The highest BCUT2D eigenvalue weighted by Gasteiger charge is 2.72. The van der Waals surface area contributed by atoms with Crippen LogP contribution in [0.2, 0.25) is 0 Å². The minimum atomic E-state index is -1.65. The van der Waals surface area contributed by atoms with Crippen LogP contribution >= 0.6 is 0 Å². The number of carboxylic acids is 1. The monoisotopic (exact) mass is 1250 g/mol. The molecule has 88 heavy (non-hydrogen) atoms. The van der Waals surface area contributed by atoms with Crippen LogP contribution in [0.25, 0.3) is 0 Å². The maximum Gasteiger partial charge on any atom is 0.335 e. The van der Waals surface area contributed by atoms with Crippen molar-refractivity contribution in [2.45, 2.75) is 291 Å². The molecule has 26 atom stereocenters. The third kappa shape index (κ3) is 14.3. The molecule has 506 valence electrons. The van der Waals surface area contributed by atoms with Gasteiger partial charge in [-0.1, -0.05) is 114 Å². The lowest BCUT2D eigenvalue weighted by molar-refractivity contribution is -0.327. The van der Waals surface area contributed by atoms with Gasteiger partial charge in [-0.2, -0.15) is 0 Å². The Hall–Kier alpha value is -3.19. The van der Waals surface area contributed by atoms with E-state index in [-0.39, 0.29) is 60.9 Å². The van der Waals surface area contributed by atoms with Crippen LogP contribution in [0.5, 0.6) is 0 Å². The third-order valence-corrected chi connectivity index (χ3v) is 23.1. The second-order valence-corrected chi connectivity index (χ2v) is 29.0. The predicted octanol–water partition coefficient (Wildman–Crippen LogP) is 7.82. The Morgan fingerprint density at radius 1 is 0.705 bits per heavy atom. The lowest BCUT2D eigenvalue weighted by Gasteiger charge is -2.71. The van der Waals surface area contributed by atoms with Gasteiger partial charge in [0.15, 0.2) is 24.6 Å². The maximum absolute atomic E-state index is 15.5. The van der Waals surface area contributed by atoms with Crippen LogP contribution < -0.4 is 0 Å². The summed E-state index contributed by atoms with van der Waals surface area (Å²) in [7, 11) is 5.64. The molecular weight excluding hydrogens is 1140 g/mol. The molecule has 2 heterocycles. The molecule has 0 aromatic rings. The zero-order valence-electron chi connectivity index (χ0n) is 55.9. The highest BCUT2D eigenvalue weighted by molar-refractivity contribution is 5.80. The number of fused-ring (bicyclic) bond motifs is 7. The van der Waals surface area contributed by atoms with E-state index in [4.69, 9.17) is 47.4 Å². The summed E-state index contributed by atoms with van der Waals surface area (Å²) in [4.78, 5) is 68.3. The van der Waals surface area contributed by atoms with E-state index in [0.29, 0.717) is 57.8 Å². The molecule has 0 spiro atoms. The minimum absolute atomic E-state index is 0.0304. The summed E-state index contributed by atoms with van der Waals surface area (Å²) >= 11 is 0. The molecule has 21 unspecified atom stereocenters. The molecule has 7 aliphatic rings. The van der Waals surface area contributed by atoms with E-state index in [2.05, 4.69) is 54.5 Å². The number of hydrogen-bond acceptors (Lipinski definition) is 20. The topological polar surface area (TPSA) is 299 Å². The number of hydrogen-bond donors (Lipinski definition) is 6. The molecule has 0 aromatic carbocycles. The molecule has 0 aromatic heterocycles. The lowest BCUT2D eigenvalue weighted by Crippen LogP contribution is -2.69. The predicted molar refractivity (Wildman–Crippen MR) is 323 cm³/mol. The standard InChI is InChI=1S/C64H104O21.C3H8/c1-16-33(3)40(76-12)26-36(66)28-46(69)81-41(34(4)17-2)27-37(67)29-47(70)83-51-48(71)35(5)80-56(54(51)79-15)85-58(75)64-25-24-59(6,7)30-39(64)38-18-19-43-60(8)22-21-45(82-57-53(78-14)50(77-13)49(72)52(84-57)55(73)74)61(9,32-65)42(60)20-23-62(43,10)63(38,11)31-44(64)68;1-3-2/h18,32-37,39-45,48-54,56-57,66-68,71-72H,16-17,19-31H2,1-15H3,(H,73,74);3H2,1-2H3/t33?,34?,35?,36?,37?,39?,40?,41?,42?,43?,44-,45+,48?,49?,50?,51?,52?,53?,54?,56?,57?,60?,61+,62?,63-,64-;/m1./s1. The van der Waals surface area contributed by atoms with Gasteiger partial charge in [0, 0.05) is 41.3 Å². The van der Waals surface area contributed by atoms with Crippen molar-refractivity contribution in [3.05, 3.63) is 11.6 Å². The summed E-state index contributed by atoms with van der Waals surface area (Å²) in [6, 6.07) is 0. The Kier molecular flexibility index (Phi) is 25.0. The van der Waals surface area contributed by atoms with Crippen LogP contribution in [0.3, 0.4) is 0 Å². The van der Waals surface area contributed by atoms with Crippen molar-refractivity contribution in [3.8, 4) is 0 Å². The third-order valence-electron chi connectivity index (χ3n) is 23.1. The molecule has 0 radical (unpaired) electrons.